The second-order valence-corrected chi connectivity index (χ2v) is 4.94. The Morgan fingerprint density at radius 1 is 1.12 bits per heavy atom. The summed E-state index contributed by atoms with van der Waals surface area (Å²) in [4.78, 5) is 23.8. The minimum Gasteiger partial charge on any atom is -1.00 e. The van der Waals surface area contributed by atoms with Gasteiger partial charge in [-0.3, -0.25) is 9.59 Å². The third kappa shape index (κ3) is 6.86. The molecule has 2 heterocycles. The average Bonchev–Trinajstić information content (AvgIpc) is 2.55. The molecule has 0 aromatic carbocycles. The van der Waals surface area contributed by atoms with E-state index >= 15 is 0 Å². The van der Waals surface area contributed by atoms with Crippen molar-refractivity contribution >= 4 is 17.9 Å². The molecule has 25 heavy (non-hydrogen) atoms. The summed E-state index contributed by atoms with van der Waals surface area (Å²) in [5, 5.41) is 14.0. The normalized spacial score (nSPS) is 9.80. The predicted octanol–water partition coefficient (Wildman–Crippen LogP) is -6.29. The monoisotopic (exact) mass is 384 g/mol. The highest BCUT2D eigenvalue weighted by Gasteiger charge is 2.16. The van der Waals surface area contributed by atoms with Crippen LogP contribution in [0.4, 0.5) is 0 Å². The van der Waals surface area contributed by atoms with Gasteiger partial charge in [-0.05, 0) is 12.1 Å². The van der Waals surface area contributed by atoms with E-state index in [-0.39, 0.29) is 49.6 Å². The zero-order valence-corrected chi connectivity index (χ0v) is 15.0. The summed E-state index contributed by atoms with van der Waals surface area (Å²) in [5.41, 5.74) is 1.19. The van der Waals surface area contributed by atoms with E-state index in [0.29, 0.717) is 11.1 Å². The third-order valence-electron chi connectivity index (χ3n) is 3.15. The Balaban J connectivity index is 0.00000288. The number of carbonyl (C=O) groups excluding carboxylic acids is 2. The van der Waals surface area contributed by atoms with Gasteiger partial charge in [0, 0.05) is 19.2 Å². The third-order valence-corrected chi connectivity index (χ3v) is 3.15. The fourth-order valence-corrected chi connectivity index (χ4v) is 2.14. The minimum atomic E-state index is -0.197. The molecule has 0 aliphatic carbocycles. The number of nitrogens with one attached hydrogen (secondary N) is 1. The second-order valence-electron chi connectivity index (χ2n) is 4.94. The summed E-state index contributed by atoms with van der Waals surface area (Å²) >= 11 is 0. The Hall–Kier alpha value is -2.51. The molecule has 0 atom stereocenters. The van der Waals surface area contributed by atoms with E-state index in [0.717, 1.165) is 0 Å². The number of amides is 1. The topological polar surface area (TPSA) is 86.5 Å². The molecule has 0 radical (unpaired) electrons. The number of Topliss-reactive ketones (excluding diaryl/α,β-unsaturated/α-hetero) is 1. The summed E-state index contributed by atoms with van der Waals surface area (Å²) < 4.78 is 3.38. The van der Waals surface area contributed by atoms with Crippen LogP contribution in [-0.2, 0) is 17.9 Å². The number of pyridine rings is 2. The standard InChI is InChI=1S/C16H16N4O3.2ClH/c1-17-16(22)14-5-3-7-20(10-14)12-15(21)11-19-6-2-4-13(9-19)8-18-23;;/h2-10H,11-12H2,1H3;2*1H/b18-8+;;. The lowest BCUT2D eigenvalue weighted by Crippen LogP contribution is -3.00. The maximum atomic E-state index is 12.2. The molecular weight excluding hydrogens is 367 g/mol. The van der Waals surface area contributed by atoms with Crippen molar-refractivity contribution in [2.24, 2.45) is 5.16 Å². The van der Waals surface area contributed by atoms with E-state index in [1.54, 1.807) is 65.2 Å². The lowest BCUT2D eigenvalue weighted by atomic mass is 10.2. The molecule has 0 aliphatic rings. The number of halogens is 2. The largest absolute Gasteiger partial charge is 1.00 e. The first kappa shape index (κ1) is 22.5. The molecule has 0 unspecified atom stereocenters. The lowest BCUT2D eigenvalue weighted by molar-refractivity contribution is -0.702. The highest BCUT2D eigenvalue weighted by molar-refractivity contribution is 5.93. The molecule has 1 amide bonds. The zero-order valence-electron chi connectivity index (χ0n) is 13.5. The van der Waals surface area contributed by atoms with Crippen LogP contribution in [0.1, 0.15) is 15.9 Å². The quantitative estimate of drug-likeness (QED) is 0.225. The second kappa shape index (κ2) is 11.1. The van der Waals surface area contributed by atoms with Gasteiger partial charge in [-0.25, -0.2) is 0 Å². The number of hydrogen-bond acceptors (Lipinski definition) is 4. The van der Waals surface area contributed by atoms with Crippen LogP contribution in [0.3, 0.4) is 0 Å². The van der Waals surface area contributed by atoms with Crippen LogP contribution in [0.15, 0.2) is 54.2 Å². The van der Waals surface area contributed by atoms with Gasteiger partial charge < -0.3 is 35.3 Å². The average molecular weight is 385 g/mol. The molecule has 2 N–H and O–H groups in total. The SMILES string of the molecule is CNC(=O)c1ccc[n+](CC(=O)C[n+]2cccc(/C=N/O)c2)c1.[Cl-].[Cl-]. The van der Waals surface area contributed by atoms with Crippen LogP contribution >= 0.6 is 0 Å². The van der Waals surface area contributed by atoms with Crippen molar-refractivity contribution in [3.63, 3.8) is 0 Å². The number of ketones is 1. The first-order chi connectivity index (χ1) is 11.1. The zero-order chi connectivity index (χ0) is 16.7. The Kier molecular flexibility index (Phi) is 10.00. The smallest absolute Gasteiger partial charge is 0.261 e. The summed E-state index contributed by atoms with van der Waals surface area (Å²) in [6.45, 7) is 0.348. The van der Waals surface area contributed by atoms with Gasteiger partial charge in [0.2, 0.25) is 13.1 Å². The molecule has 2 rings (SSSR count). The van der Waals surface area contributed by atoms with Crippen molar-refractivity contribution < 1.29 is 48.7 Å². The highest BCUT2D eigenvalue weighted by Crippen LogP contribution is 1.94. The molecule has 9 heteroatoms. The summed E-state index contributed by atoms with van der Waals surface area (Å²) in [7, 11) is 1.56. The molecule has 0 fully saturated rings. The Morgan fingerprint density at radius 3 is 2.32 bits per heavy atom. The molecule has 7 nitrogen and oxygen atoms in total. The molecular formula is C16H18Cl2N4O3. The Bertz CT molecular complexity index is 754. The van der Waals surface area contributed by atoms with E-state index in [2.05, 4.69) is 10.5 Å². The minimum absolute atomic E-state index is 0. The summed E-state index contributed by atoms with van der Waals surface area (Å²) in [6, 6.07) is 6.95. The molecule has 2 aromatic heterocycles. The summed E-state index contributed by atoms with van der Waals surface area (Å²) in [6.07, 6.45) is 8.14. The van der Waals surface area contributed by atoms with E-state index in [1.807, 2.05) is 0 Å². The van der Waals surface area contributed by atoms with Crippen molar-refractivity contribution in [2.45, 2.75) is 13.1 Å². The molecule has 0 saturated carbocycles. The fraction of sp³-hybridized carbons (Fsp3) is 0.188. The van der Waals surface area contributed by atoms with Gasteiger partial charge in [0.25, 0.3) is 11.7 Å². The lowest BCUT2D eigenvalue weighted by Gasteiger charge is -1.99. The first-order valence-electron chi connectivity index (χ1n) is 7.02. The Labute approximate surface area is 157 Å². The van der Waals surface area contributed by atoms with Crippen LogP contribution < -0.4 is 39.3 Å². The van der Waals surface area contributed by atoms with E-state index in [1.165, 1.54) is 6.21 Å². The number of nitrogens with zero attached hydrogens (tertiary/aromatic N) is 3. The molecule has 0 aliphatic heterocycles. The van der Waals surface area contributed by atoms with Gasteiger partial charge in [0.05, 0.1) is 11.8 Å². The van der Waals surface area contributed by atoms with Crippen LogP contribution in [0, 0.1) is 0 Å². The van der Waals surface area contributed by atoms with Crippen molar-refractivity contribution in [3.05, 3.63) is 60.2 Å². The maximum absolute atomic E-state index is 12.2. The van der Waals surface area contributed by atoms with Crippen molar-refractivity contribution in [1.82, 2.24) is 5.32 Å². The predicted molar refractivity (Wildman–Crippen MR) is 81.1 cm³/mol. The van der Waals surface area contributed by atoms with Gasteiger partial charge in [0.1, 0.15) is 5.56 Å². The van der Waals surface area contributed by atoms with E-state index in [9.17, 15) is 9.59 Å². The molecule has 2 aromatic rings. The fourth-order valence-electron chi connectivity index (χ4n) is 2.14. The number of oxime groups is 1. The summed E-state index contributed by atoms with van der Waals surface area (Å²) in [5.74, 6) is -0.218. The van der Waals surface area contributed by atoms with Gasteiger partial charge >= 0.3 is 0 Å². The van der Waals surface area contributed by atoms with Crippen LogP contribution in [-0.4, -0.2) is 30.2 Å². The maximum Gasteiger partial charge on any atom is 0.261 e. The van der Waals surface area contributed by atoms with E-state index in [4.69, 9.17) is 5.21 Å². The molecule has 0 spiro atoms. The van der Waals surface area contributed by atoms with Gasteiger partial charge in [-0.2, -0.15) is 9.13 Å². The number of hydrogen-bond donors (Lipinski definition) is 2. The number of rotatable bonds is 6. The van der Waals surface area contributed by atoms with Crippen LogP contribution in [0.25, 0.3) is 0 Å². The van der Waals surface area contributed by atoms with Crippen molar-refractivity contribution in [2.75, 3.05) is 7.05 Å². The van der Waals surface area contributed by atoms with Gasteiger partial charge in [0.15, 0.2) is 24.8 Å². The van der Waals surface area contributed by atoms with Crippen LogP contribution in [0.2, 0.25) is 0 Å². The molecule has 134 valence electrons. The van der Waals surface area contributed by atoms with Crippen molar-refractivity contribution in [3.8, 4) is 0 Å². The van der Waals surface area contributed by atoms with Gasteiger partial charge in [-0.1, -0.05) is 5.16 Å². The molecule has 0 saturated heterocycles. The number of aromatic nitrogens is 2. The Morgan fingerprint density at radius 2 is 1.72 bits per heavy atom. The highest BCUT2D eigenvalue weighted by atomic mass is 35.5. The van der Waals surface area contributed by atoms with Gasteiger partial charge in [-0.15, -0.1) is 0 Å². The first-order valence-corrected chi connectivity index (χ1v) is 7.02. The molecule has 0 bridgehead atoms. The van der Waals surface area contributed by atoms with E-state index < -0.39 is 0 Å². The number of carbonyl (C=O) groups is 2. The van der Waals surface area contributed by atoms with Crippen molar-refractivity contribution in [1.29, 1.82) is 0 Å². The van der Waals surface area contributed by atoms with Crippen LogP contribution in [0.5, 0.6) is 0 Å².